The molecule has 0 N–H and O–H groups in total. The molecule has 23 heavy (non-hydrogen) atoms. The van der Waals surface area contributed by atoms with Gasteiger partial charge in [0.2, 0.25) is 0 Å². The first kappa shape index (κ1) is 15.6. The molecular formula is C18H18N2O2S. The van der Waals surface area contributed by atoms with Crippen molar-refractivity contribution in [3.63, 3.8) is 0 Å². The summed E-state index contributed by atoms with van der Waals surface area (Å²) in [4.78, 5) is 5.89. The Morgan fingerprint density at radius 3 is 2.78 bits per heavy atom. The van der Waals surface area contributed by atoms with Gasteiger partial charge in [0, 0.05) is 16.7 Å². The second-order valence-electron chi connectivity index (χ2n) is 5.37. The van der Waals surface area contributed by atoms with Crippen molar-refractivity contribution in [3.8, 4) is 17.6 Å². The summed E-state index contributed by atoms with van der Waals surface area (Å²) in [6.07, 6.45) is 6.16. The van der Waals surface area contributed by atoms with Crippen molar-refractivity contribution < 1.29 is 9.47 Å². The summed E-state index contributed by atoms with van der Waals surface area (Å²) >= 11 is 1.64. The fourth-order valence-electron chi connectivity index (χ4n) is 2.83. The SMILES string of the molecule is COc1ccc(OC)c(C=Nc2sc3c(c2C#N)CCCC3)c1. The first-order valence-electron chi connectivity index (χ1n) is 7.57. The Balaban J connectivity index is 1.98. The molecule has 1 aliphatic carbocycles. The molecule has 3 rings (SSSR count). The van der Waals surface area contributed by atoms with Gasteiger partial charge in [0.1, 0.15) is 22.6 Å². The smallest absolute Gasteiger partial charge is 0.134 e. The molecular weight excluding hydrogens is 308 g/mol. The van der Waals surface area contributed by atoms with Crippen molar-refractivity contribution in [1.82, 2.24) is 0 Å². The average molecular weight is 326 g/mol. The lowest BCUT2D eigenvalue weighted by Crippen LogP contribution is -1.99. The van der Waals surface area contributed by atoms with Crippen molar-refractivity contribution in [1.29, 1.82) is 5.26 Å². The van der Waals surface area contributed by atoms with E-state index in [1.54, 1.807) is 31.8 Å². The number of aliphatic imine (C=N–C) groups is 1. The zero-order valence-corrected chi connectivity index (χ0v) is 14.1. The fourth-order valence-corrected chi connectivity index (χ4v) is 4.01. The zero-order valence-electron chi connectivity index (χ0n) is 13.3. The van der Waals surface area contributed by atoms with Gasteiger partial charge in [0.25, 0.3) is 0 Å². The van der Waals surface area contributed by atoms with Crippen LogP contribution in [0.1, 0.15) is 34.4 Å². The second kappa shape index (κ2) is 6.84. The summed E-state index contributed by atoms with van der Waals surface area (Å²) in [6, 6.07) is 7.91. The number of ether oxygens (including phenoxy) is 2. The Hall–Kier alpha value is -2.32. The van der Waals surface area contributed by atoms with Crippen LogP contribution in [0.15, 0.2) is 23.2 Å². The Labute approximate surface area is 140 Å². The van der Waals surface area contributed by atoms with Gasteiger partial charge in [-0.25, -0.2) is 4.99 Å². The number of nitrogens with zero attached hydrogens (tertiary/aromatic N) is 2. The van der Waals surface area contributed by atoms with Gasteiger partial charge >= 0.3 is 0 Å². The summed E-state index contributed by atoms with van der Waals surface area (Å²) < 4.78 is 10.6. The largest absolute Gasteiger partial charge is 0.497 e. The van der Waals surface area contributed by atoms with Gasteiger partial charge in [0.05, 0.1) is 19.8 Å². The summed E-state index contributed by atoms with van der Waals surface area (Å²) in [6.45, 7) is 0. The predicted molar refractivity (Wildman–Crippen MR) is 92.5 cm³/mol. The topological polar surface area (TPSA) is 54.6 Å². The van der Waals surface area contributed by atoms with Crippen LogP contribution in [-0.2, 0) is 12.8 Å². The van der Waals surface area contributed by atoms with Crippen molar-refractivity contribution in [3.05, 3.63) is 39.8 Å². The van der Waals surface area contributed by atoms with E-state index >= 15 is 0 Å². The van der Waals surface area contributed by atoms with Crippen LogP contribution in [0.3, 0.4) is 0 Å². The number of nitriles is 1. The maximum atomic E-state index is 9.48. The Morgan fingerprint density at radius 1 is 1.22 bits per heavy atom. The maximum Gasteiger partial charge on any atom is 0.134 e. The number of fused-ring (bicyclic) bond motifs is 1. The monoisotopic (exact) mass is 326 g/mol. The lowest BCUT2D eigenvalue weighted by molar-refractivity contribution is 0.402. The number of benzene rings is 1. The normalized spacial score (nSPS) is 13.6. The van der Waals surface area contributed by atoms with Crippen molar-refractivity contribution >= 4 is 22.6 Å². The van der Waals surface area contributed by atoms with Gasteiger partial charge in [-0.2, -0.15) is 5.26 Å². The molecule has 0 spiro atoms. The summed E-state index contributed by atoms with van der Waals surface area (Å²) in [5.41, 5.74) is 2.78. The predicted octanol–water partition coefficient (Wildman–Crippen LogP) is 4.27. The third-order valence-electron chi connectivity index (χ3n) is 4.02. The van der Waals surface area contributed by atoms with Gasteiger partial charge in [0.15, 0.2) is 0 Å². The molecule has 1 aromatic heterocycles. The first-order valence-corrected chi connectivity index (χ1v) is 8.39. The molecule has 1 aliphatic rings. The Kier molecular flexibility index (Phi) is 4.63. The number of rotatable bonds is 4. The van der Waals surface area contributed by atoms with Gasteiger partial charge in [-0.15, -0.1) is 11.3 Å². The Bertz CT molecular complexity index is 787. The highest BCUT2D eigenvalue weighted by Gasteiger charge is 2.20. The minimum absolute atomic E-state index is 0.731. The first-order chi connectivity index (χ1) is 11.3. The zero-order chi connectivity index (χ0) is 16.2. The summed E-state index contributed by atoms with van der Waals surface area (Å²) in [5.74, 6) is 1.48. The van der Waals surface area contributed by atoms with Gasteiger partial charge in [-0.3, -0.25) is 0 Å². The van der Waals surface area contributed by atoms with E-state index in [0.717, 1.165) is 46.9 Å². The molecule has 118 valence electrons. The van der Waals surface area contributed by atoms with E-state index in [-0.39, 0.29) is 0 Å². The van der Waals surface area contributed by atoms with Crippen LogP contribution in [0.2, 0.25) is 0 Å². The van der Waals surface area contributed by atoms with Crippen molar-refractivity contribution in [2.45, 2.75) is 25.7 Å². The summed E-state index contributed by atoms with van der Waals surface area (Å²) in [7, 11) is 3.26. The lowest BCUT2D eigenvalue weighted by atomic mass is 9.96. The van der Waals surface area contributed by atoms with Crippen LogP contribution in [-0.4, -0.2) is 20.4 Å². The second-order valence-corrected chi connectivity index (χ2v) is 6.45. The molecule has 1 heterocycles. The van der Waals surface area contributed by atoms with Crippen LogP contribution >= 0.6 is 11.3 Å². The van der Waals surface area contributed by atoms with E-state index in [0.29, 0.717) is 0 Å². The molecule has 0 bridgehead atoms. The fraction of sp³-hybridized carbons (Fsp3) is 0.333. The highest BCUT2D eigenvalue weighted by atomic mass is 32.1. The molecule has 2 aromatic rings. The molecule has 0 radical (unpaired) electrons. The van der Waals surface area contributed by atoms with Gasteiger partial charge < -0.3 is 9.47 Å². The molecule has 0 amide bonds. The lowest BCUT2D eigenvalue weighted by Gasteiger charge is -2.09. The van der Waals surface area contributed by atoms with Crippen LogP contribution in [0.5, 0.6) is 11.5 Å². The minimum atomic E-state index is 0.731. The van der Waals surface area contributed by atoms with Crippen molar-refractivity contribution in [2.75, 3.05) is 14.2 Å². The molecule has 0 atom stereocenters. The van der Waals surface area contributed by atoms with E-state index < -0.39 is 0 Å². The van der Waals surface area contributed by atoms with E-state index in [1.165, 1.54) is 16.9 Å². The molecule has 5 heteroatoms. The number of hydrogen-bond donors (Lipinski definition) is 0. The number of methoxy groups -OCH3 is 2. The quantitative estimate of drug-likeness (QED) is 0.789. The molecule has 0 aliphatic heterocycles. The standard InChI is InChI=1S/C18H18N2O2S/c1-21-13-7-8-16(22-2)12(9-13)11-20-18-15(10-19)14-5-3-4-6-17(14)23-18/h7-9,11H,3-6H2,1-2H3. The van der Waals surface area contributed by atoms with Gasteiger partial charge in [-0.05, 0) is 49.4 Å². The van der Waals surface area contributed by atoms with Crippen LogP contribution in [0, 0.1) is 11.3 Å². The molecule has 0 unspecified atom stereocenters. The molecule has 0 saturated carbocycles. The van der Waals surface area contributed by atoms with E-state index in [2.05, 4.69) is 11.1 Å². The van der Waals surface area contributed by atoms with Gasteiger partial charge in [-0.1, -0.05) is 0 Å². The van der Waals surface area contributed by atoms with E-state index in [1.807, 2.05) is 18.2 Å². The van der Waals surface area contributed by atoms with Crippen LogP contribution < -0.4 is 9.47 Å². The third-order valence-corrected chi connectivity index (χ3v) is 5.22. The van der Waals surface area contributed by atoms with E-state index in [9.17, 15) is 5.26 Å². The van der Waals surface area contributed by atoms with E-state index in [4.69, 9.17) is 9.47 Å². The highest BCUT2D eigenvalue weighted by molar-refractivity contribution is 7.16. The minimum Gasteiger partial charge on any atom is -0.497 e. The number of thiophene rings is 1. The molecule has 0 saturated heterocycles. The highest BCUT2D eigenvalue weighted by Crippen LogP contribution is 2.39. The summed E-state index contributed by atoms with van der Waals surface area (Å²) in [5, 5.41) is 10.3. The van der Waals surface area contributed by atoms with Crippen LogP contribution in [0.4, 0.5) is 5.00 Å². The third kappa shape index (κ3) is 3.08. The average Bonchev–Trinajstić information content (AvgIpc) is 2.97. The number of hydrogen-bond acceptors (Lipinski definition) is 5. The van der Waals surface area contributed by atoms with Crippen molar-refractivity contribution in [2.24, 2.45) is 4.99 Å². The Morgan fingerprint density at radius 2 is 2.04 bits per heavy atom. The van der Waals surface area contributed by atoms with Crippen LogP contribution in [0.25, 0.3) is 0 Å². The molecule has 0 fully saturated rings. The number of aryl methyl sites for hydroxylation is 1. The maximum absolute atomic E-state index is 9.48. The molecule has 1 aromatic carbocycles. The molecule has 4 nitrogen and oxygen atoms in total.